The topological polar surface area (TPSA) is 169 Å². The Morgan fingerprint density at radius 3 is 2.09 bits per heavy atom. The van der Waals surface area contributed by atoms with E-state index in [1.165, 1.54) is 0 Å². The van der Waals surface area contributed by atoms with Crippen LogP contribution in [0.15, 0.2) is 0 Å². The molecule has 0 aromatic rings. The zero-order valence-electron chi connectivity index (χ0n) is 11.7. The van der Waals surface area contributed by atoms with Crippen LogP contribution in [0.2, 0.25) is 0 Å². The number of aliphatic hydroxyl groups excluding tert-OH is 7. The molecule has 8 atom stereocenters. The molecule has 7 N–H and O–H groups in total. The van der Waals surface area contributed by atoms with Crippen LogP contribution in [-0.2, 0) is 14.2 Å². The van der Waals surface area contributed by atoms with E-state index >= 15 is 0 Å². The number of hydrogen-bond acceptors (Lipinski definition) is 10. The highest BCUT2D eigenvalue weighted by Crippen LogP contribution is 2.35. The second-order valence-corrected chi connectivity index (χ2v) is 5.46. The highest BCUT2D eigenvalue weighted by molar-refractivity contribution is 4.97. The highest BCUT2D eigenvalue weighted by atomic mass is 16.8. The smallest absolute Gasteiger partial charge is 0.224 e. The van der Waals surface area contributed by atoms with Crippen molar-refractivity contribution in [3.63, 3.8) is 0 Å². The van der Waals surface area contributed by atoms with Gasteiger partial charge >= 0.3 is 0 Å². The van der Waals surface area contributed by atoms with Crippen LogP contribution in [0.3, 0.4) is 0 Å². The molecule has 0 spiro atoms. The van der Waals surface area contributed by atoms with Crippen LogP contribution in [0.1, 0.15) is 6.42 Å². The minimum atomic E-state index is -2.10. The molecule has 2 aliphatic rings. The van der Waals surface area contributed by atoms with E-state index in [4.69, 9.17) is 24.4 Å². The molecule has 130 valence electrons. The molecule has 2 fully saturated rings. The van der Waals surface area contributed by atoms with Crippen molar-refractivity contribution >= 4 is 0 Å². The summed E-state index contributed by atoms with van der Waals surface area (Å²) in [6.45, 7) is -2.01. The molecule has 0 saturated carbocycles. The molecule has 2 heterocycles. The van der Waals surface area contributed by atoms with Crippen molar-refractivity contribution < 1.29 is 50.0 Å². The summed E-state index contributed by atoms with van der Waals surface area (Å²) >= 11 is 0. The van der Waals surface area contributed by atoms with Gasteiger partial charge in [0.2, 0.25) is 5.79 Å². The van der Waals surface area contributed by atoms with E-state index in [9.17, 15) is 25.5 Å². The van der Waals surface area contributed by atoms with Gasteiger partial charge in [-0.3, -0.25) is 0 Å². The van der Waals surface area contributed by atoms with Gasteiger partial charge in [-0.15, -0.1) is 0 Å². The summed E-state index contributed by atoms with van der Waals surface area (Å²) in [7, 11) is 0. The van der Waals surface area contributed by atoms with Gasteiger partial charge in [0.15, 0.2) is 6.29 Å². The van der Waals surface area contributed by atoms with E-state index in [0.717, 1.165) is 0 Å². The first-order valence-corrected chi connectivity index (χ1v) is 6.94. The van der Waals surface area contributed by atoms with Crippen molar-refractivity contribution in [2.45, 2.75) is 55.1 Å². The lowest BCUT2D eigenvalue weighted by Crippen LogP contribution is -2.57. The fourth-order valence-electron chi connectivity index (χ4n) is 2.60. The Morgan fingerprint density at radius 1 is 0.955 bits per heavy atom. The van der Waals surface area contributed by atoms with E-state index in [2.05, 4.69) is 0 Å². The second-order valence-electron chi connectivity index (χ2n) is 5.46. The van der Waals surface area contributed by atoms with Gasteiger partial charge in [-0.2, -0.15) is 0 Å². The summed E-state index contributed by atoms with van der Waals surface area (Å²) in [4.78, 5) is 0. The molecule has 0 radical (unpaired) electrons. The molecule has 22 heavy (non-hydrogen) atoms. The van der Waals surface area contributed by atoms with Crippen molar-refractivity contribution in [3.05, 3.63) is 0 Å². The molecular formula is C12H22O10. The predicted molar refractivity (Wildman–Crippen MR) is 67.3 cm³/mol. The van der Waals surface area contributed by atoms with Crippen LogP contribution in [0.25, 0.3) is 0 Å². The standard InChI is InChI=1S/C12H22O10/c13-2-7-5(16)1-6(17)11(20-7)22-12(4-15)10(19)9(18)8(3-14)21-12/h5-11,13-19H,1-4H2/t5-,6+,7+,8+,9+,10-,11+,12?/m0/s1. The first-order chi connectivity index (χ1) is 10.4. The van der Waals surface area contributed by atoms with Crippen LogP contribution in [0, 0.1) is 0 Å². The number of rotatable bonds is 5. The molecule has 0 amide bonds. The minimum absolute atomic E-state index is 0.153. The van der Waals surface area contributed by atoms with E-state index in [-0.39, 0.29) is 6.42 Å². The third kappa shape index (κ3) is 3.12. The third-order valence-corrected chi connectivity index (χ3v) is 3.94. The molecule has 2 aliphatic heterocycles. The summed E-state index contributed by atoms with van der Waals surface area (Å²) in [5, 5.41) is 66.9. The summed E-state index contributed by atoms with van der Waals surface area (Å²) in [5.74, 6) is -2.10. The first kappa shape index (κ1) is 17.9. The quantitative estimate of drug-likeness (QED) is 0.262. The molecule has 1 unspecified atom stereocenters. The number of aliphatic hydroxyl groups is 7. The lowest BCUT2D eigenvalue weighted by atomic mass is 10.0. The Hall–Kier alpha value is -0.400. The minimum Gasteiger partial charge on any atom is -0.394 e. The fourth-order valence-corrected chi connectivity index (χ4v) is 2.60. The molecule has 10 nitrogen and oxygen atoms in total. The van der Waals surface area contributed by atoms with E-state index in [1.54, 1.807) is 0 Å². The maximum absolute atomic E-state index is 9.99. The summed E-state index contributed by atoms with van der Waals surface area (Å²) < 4.78 is 15.7. The Kier molecular flexibility index (Phi) is 5.72. The highest BCUT2D eigenvalue weighted by Gasteiger charge is 2.57. The average Bonchev–Trinajstić information content (AvgIpc) is 2.75. The lowest BCUT2D eigenvalue weighted by molar-refractivity contribution is -0.372. The van der Waals surface area contributed by atoms with Crippen molar-refractivity contribution in [2.24, 2.45) is 0 Å². The van der Waals surface area contributed by atoms with E-state index < -0.39 is 68.5 Å². The molecule has 0 aromatic heterocycles. The van der Waals surface area contributed by atoms with Crippen LogP contribution >= 0.6 is 0 Å². The average molecular weight is 326 g/mol. The van der Waals surface area contributed by atoms with Gasteiger partial charge in [0.25, 0.3) is 0 Å². The van der Waals surface area contributed by atoms with Crippen molar-refractivity contribution in [3.8, 4) is 0 Å². The SMILES string of the molecule is OC[C@H]1OC(CO)(O[C@H]2O[C@H](CO)[C@@H](O)C[C@H]2O)[C@@H](O)[C@@H]1O. The van der Waals surface area contributed by atoms with Crippen molar-refractivity contribution in [1.82, 2.24) is 0 Å². The van der Waals surface area contributed by atoms with Gasteiger partial charge in [-0.05, 0) is 0 Å². The predicted octanol–water partition coefficient (Wildman–Crippen LogP) is -4.37. The second kappa shape index (κ2) is 7.01. The summed E-state index contributed by atoms with van der Waals surface area (Å²) in [6.07, 6.45) is -9.35. The van der Waals surface area contributed by atoms with Gasteiger partial charge in [0.05, 0.1) is 19.3 Å². The zero-order chi connectivity index (χ0) is 16.5. The molecule has 0 aromatic carbocycles. The molecule has 2 saturated heterocycles. The normalized spacial score (nSPS) is 49.5. The monoisotopic (exact) mass is 326 g/mol. The molecule has 10 heteroatoms. The van der Waals surface area contributed by atoms with Crippen LogP contribution in [-0.4, -0.2) is 104 Å². The van der Waals surface area contributed by atoms with Crippen LogP contribution in [0.5, 0.6) is 0 Å². The van der Waals surface area contributed by atoms with Crippen LogP contribution < -0.4 is 0 Å². The van der Waals surface area contributed by atoms with Gasteiger partial charge < -0.3 is 50.0 Å². The lowest BCUT2D eigenvalue weighted by Gasteiger charge is -2.41. The number of hydrogen-bond donors (Lipinski definition) is 7. The van der Waals surface area contributed by atoms with Crippen molar-refractivity contribution in [2.75, 3.05) is 19.8 Å². The van der Waals surface area contributed by atoms with E-state index in [1.807, 2.05) is 0 Å². The van der Waals surface area contributed by atoms with E-state index in [0.29, 0.717) is 0 Å². The Morgan fingerprint density at radius 2 is 1.59 bits per heavy atom. The van der Waals surface area contributed by atoms with Crippen molar-refractivity contribution in [1.29, 1.82) is 0 Å². The van der Waals surface area contributed by atoms with Crippen LogP contribution in [0.4, 0.5) is 0 Å². The van der Waals surface area contributed by atoms with Gasteiger partial charge in [0, 0.05) is 6.42 Å². The summed E-state index contributed by atoms with van der Waals surface area (Å²) in [5.41, 5.74) is 0. The van der Waals surface area contributed by atoms with Gasteiger partial charge in [0.1, 0.15) is 37.1 Å². The third-order valence-electron chi connectivity index (χ3n) is 3.94. The maximum atomic E-state index is 9.99. The largest absolute Gasteiger partial charge is 0.394 e. The number of ether oxygens (including phenoxy) is 3. The first-order valence-electron chi connectivity index (χ1n) is 6.94. The molecule has 2 rings (SSSR count). The Bertz CT molecular complexity index is 368. The van der Waals surface area contributed by atoms with Gasteiger partial charge in [-0.25, -0.2) is 0 Å². The Labute approximate surface area is 126 Å². The molecule has 0 bridgehead atoms. The van der Waals surface area contributed by atoms with Gasteiger partial charge in [-0.1, -0.05) is 0 Å². The fraction of sp³-hybridized carbons (Fsp3) is 1.00. The summed E-state index contributed by atoms with van der Waals surface area (Å²) in [6, 6.07) is 0. The zero-order valence-corrected chi connectivity index (χ0v) is 11.7. The maximum Gasteiger partial charge on any atom is 0.224 e. The molecular weight excluding hydrogens is 304 g/mol. The Balaban J connectivity index is 2.12. The molecule has 0 aliphatic carbocycles.